The molecule has 3 aromatic carbocycles. The SMILES string of the molecule is O=C(CNC(=O)c1ccc2c(c1)OCO2)N/N=C/c1ccc(OCc2ccc(Cl)cc2)cc1. The number of carbonyl (C=O) groups is 2. The molecule has 1 aliphatic heterocycles. The van der Waals surface area contributed by atoms with Crippen LogP contribution in [0.2, 0.25) is 5.02 Å². The molecule has 0 bridgehead atoms. The van der Waals surface area contributed by atoms with Gasteiger partial charge in [0.2, 0.25) is 6.79 Å². The molecular weight excluding hydrogens is 446 g/mol. The number of carbonyl (C=O) groups excluding carboxylic acids is 2. The maximum Gasteiger partial charge on any atom is 0.259 e. The van der Waals surface area contributed by atoms with Crippen molar-refractivity contribution in [1.29, 1.82) is 0 Å². The number of nitrogens with one attached hydrogen (secondary N) is 2. The van der Waals surface area contributed by atoms with Crippen molar-refractivity contribution < 1.29 is 23.8 Å². The van der Waals surface area contributed by atoms with Crippen molar-refractivity contribution in [2.75, 3.05) is 13.3 Å². The minimum atomic E-state index is -0.455. The highest BCUT2D eigenvalue weighted by atomic mass is 35.5. The van der Waals surface area contributed by atoms with Crippen molar-refractivity contribution in [2.45, 2.75) is 6.61 Å². The molecule has 4 rings (SSSR count). The molecule has 1 aliphatic rings. The highest BCUT2D eigenvalue weighted by molar-refractivity contribution is 6.30. The van der Waals surface area contributed by atoms with Gasteiger partial charge in [-0.3, -0.25) is 9.59 Å². The molecule has 0 unspecified atom stereocenters. The lowest BCUT2D eigenvalue weighted by molar-refractivity contribution is -0.120. The van der Waals surface area contributed by atoms with E-state index in [1.807, 2.05) is 48.5 Å². The van der Waals surface area contributed by atoms with E-state index in [1.165, 1.54) is 6.21 Å². The summed E-state index contributed by atoms with van der Waals surface area (Å²) in [4.78, 5) is 24.1. The van der Waals surface area contributed by atoms with Gasteiger partial charge in [-0.15, -0.1) is 0 Å². The monoisotopic (exact) mass is 465 g/mol. The van der Waals surface area contributed by atoms with E-state index in [0.29, 0.717) is 34.4 Å². The predicted molar refractivity (Wildman–Crippen MR) is 123 cm³/mol. The summed E-state index contributed by atoms with van der Waals surface area (Å²) < 4.78 is 16.2. The third kappa shape index (κ3) is 6.24. The number of rotatable bonds is 8. The Morgan fingerprint density at radius 3 is 2.55 bits per heavy atom. The third-order valence-corrected chi connectivity index (χ3v) is 4.90. The molecule has 0 fully saturated rings. The Morgan fingerprint density at radius 1 is 1.00 bits per heavy atom. The number of hydrogen-bond acceptors (Lipinski definition) is 6. The Bertz CT molecular complexity index is 1160. The Morgan fingerprint density at radius 2 is 1.76 bits per heavy atom. The minimum absolute atomic E-state index is 0.125. The molecule has 0 aliphatic carbocycles. The number of halogens is 1. The van der Waals surface area contributed by atoms with Gasteiger partial charge in [0, 0.05) is 10.6 Å². The summed E-state index contributed by atoms with van der Waals surface area (Å²) >= 11 is 5.88. The molecule has 3 aromatic rings. The standard InChI is InChI=1S/C24H20ClN3O5/c25-19-6-1-17(2-7-19)14-31-20-8-3-16(4-9-20)12-27-28-23(29)13-26-24(30)18-5-10-21-22(11-18)33-15-32-21/h1-12H,13-15H2,(H,26,30)(H,28,29)/b27-12+. The summed E-state index contributed by atoms with van der Waals surface area (Å²) in [7, 11) is 0. The van der Waals surface area contributed by atoms with E-state index < -0.39 is 11.8 Å². The first-order chi connectivity index (χ1) is 16.1. The summed E-state index contributed by atoms with van der Waals surface area (Å²) in [5, 5.41) is 7.12. The number of fused-ring (bicyclic) bond motifs is 1. The number of hydrogen-bond donors (Lipinski definition) is 2. The van der Waals surface area contributed by atoms with Crippen molar-refractivity contribution in [2.24, 2.45) is 5.10 Å². The van der Waals surface area contributed by atoms with Crippen LogP contribution < -0.4 is 25.0 Å². The maximum atomic E-state index is 12.2. The Kier molecular flexibility index (Phi) is 7.06. The van der Waals surface area contributed by atoms with Crippen molar-refractivity contribution in [1.82, 2.24) is 10.7 Å². The van der Waals surface area contributed by atoms with Crippen LogP contribution in [0.1, 0.15) is 21.5 Å². The molecule has 9 heteroatoms. The van der Waals surface area contributed by atoms with Gasteiger partial charge in [-0.1, -0.05) is 23.7 Å². The lowest BCUT2D eigenvalue weighted by atomic mass is 10.2. The number of ether oxygens (including phenoxy) is 3. The van der Waals surface area contributed by atoms with Gasteiger partial charge in [-0.2, -0.15) is 5.10 Å². The molecule has 2 N–H and O–H groups in total. The van der Waals surface area contributed by atoms with Crippen molar-refractivity contribution in [3.63, 3.8) is 0 Å². The first kappa shape index (κ1) is 22.2. The molecule has 0 saturated carbocycles. The van der Waals surface area contributed by atoms with E-state index in [4.69, 9.17) is 25.8 Å². The highest BCUT2D eigenvalue weighted by Crippen LogP contribution is 2.32. The van der Waals surface area contributed by atoms with Crippen LogP contribution in [0.25, 0.3) is 0 Å². The molecule has 1 heterocycles. The van der Waals surface area contributed by atoms with Crippen LogP contribution in [-0.2, 0) is 11.4 Å². The summed E-state index contributed by atoms with van der Waals surface area (Å²) in [6, 6.07) is 19.5. The zero-order valence-corrected chi connectivity index (χ0v) is 18.2. The van der Waals surface area contributed by atoms with Crippen molar-refractivity contribution in [3.05, 3.63) is 88.4 Å². The van der Waals surface area contributed by atoms with Gasteiger partial charge >= 0.3 is 0 Å². The van der Waals surface area contributed by atoms with Crippen LogP contribution in [0.15, 0.2) is 71.8 Å². The van der Waals surface area contributed by atoms with Gasteiger partial charge in [-0.05, 0) is 65.7 Å². The van der Waals surface area contributed by atoms with Gasteiger partial charge in [0.1, 0.15) is 12.4 Å². The minimum Gasteiger partial charge on any atom is -0.489 e. The van der Waals surface area contributed by atoms with Gasteiger partial charge in [0.05, 0.1) is 12.8 Å². The van der Waals surface area contributed by atoms with Crippen molar-refractivity contribution >= 4 is 29.6 Å². The maximum absolute atomic E-state index is 12.2. The molecule has 0 spiro atoms. The molecule has 168 valence electrons. The van der Waals surface area contributed by atoms with Crippen LogP contribution >= 0.6 is 11.6 Å². The molecule has 0 atom stereocenters. The molecule has 0 radical (unpaired) electrons. The number of nitrogens with zero attached hydrogens (tertiary/aromatic N) is 1. The fourth-order valence-electron chi connectivity index (χ4n) is 2.92. The molecule has 0 aromatic heterocycles. The summed E-state index contributed by atoms with van der Waals surface area (Å²) in [6.45, 7) is 0.334. The van der Waals surface area contributed by atoms with E-state index in [0.717, 1.165) is 11.1 Å². The number of hydrazone groups is 1. The van der Waals surface area contributed by atoms with Gasteiger partial charge in [0.15, 0.2) is 11.5 Å². The molecule has 33 heavy (non-hydrogen) atoms. The summed E-state index contributed by atoms with van der Waals surface area (Å²) in [5.74, 6) is 0.931. The topological polar surface area (TPSA) is 98.3 Å². The third-order valence-electron chi connectivity index (χ3n) is 4.65. The molecule has 2 amide bonds. The second kappa shape index (κ2) is 10.5. The fraction of sp³-hybridized carbons (Fsp3) is 0.125. The molecule has 0 saturated heterocycles. The summed E-state index contributed by atoms with van der Waals surface area (Å²) in [6.07, 6.45) is 1.50. The van der Waals surface area contributed by atoms with Gasteiger partial charge in [0.25, 0.3) is 11.8 Å². The Labute approximate surface area is 195 Å². The zero-order chi connectivity index (χ0) is 23.0. The Balaban J connectivity index is 1.19. The first-order valence-electron chi connectivity index (χ1n) is 10.0. The van der Waals surface area contributed by atoms with E-state index in [9.17, 15) is 9.59 Å². The quantitative estimate of drug-likeness (QED) is 0.392. The van der Waals surface area contributed by atoms with Crippen molar-refractivity contribution in [3.8, 4) is 17.2 Å². The van der Waals surface area contributed by atoms with Crippen LogP contribution in [0.4, 0.5) is 0 Å². The van der Waals surface area contributed by atoms with Crippen LogP contribution in [0.3, 0.4) is 0 Å². The van der Waals surface area contributed by atoms with Gasteiger partial charge in [-0.25, -0.2) is 5.43 Å². The average molecular weight is 466 g/mol. The second-order valence-corrected chi connectivity index (χ2v) is 7.46. The van der Waals surface area contributed by atoms with E-state index in [1.54, 1.807) is 18.2 Å². The zero-order valence-electron chi connectivity index (χ0n) is 17.4. The van der Waals surface area contributed by atoms with Crippen LogP contribution in [-0.4, -0.2) is 31.4 Å². The number of benzene rings is 3. The normalized spacial score (nSPS) is 11.9. The largest absolute Gasteiger partial charge is 0.489 e. The average Bonchev–Trinajstić information content (AvgIpc) is 3.31. The van der Waals surface area contributed by atoms with Crippen LogP contribution in [0.5, 0.6) is 17.2 Å². The highest BCUT2D eigenvalue weighted by Gasteiger charge is 2.16. The predicted octanol–water partition coefficient (Wildman–Crippen LogP) is 3.53. The lowest BCUT2D eigenvalue weighted by Gasteiger charge is -2.07. The Hall–Kier alpha value is -4.04. The van der Waals surface area contributed by atoms with E-state index in [-0.39, 0.29) is 13.3 Å². The second-order valence-electron chi connectivity index (χ2n) is 7.03. The van der Waals surface area contributed by atoms with E-state index in [2.05, 4.69) is 15.8 Å². The number of amides is 2. The van der Waals surface area contributed by atoms with Crippen LogP contribution in [0, 0.1) is 0 Å². The fourth-order valence-corrected chi connectivity index (χ4v) is 3.04. The summed E-state index contributed by atoms with van der Waals surface area (Å²) in [5.41, 5.74) is 4.53. The molecule has 8 nitrogen and oxygen atoms in total. The lowest BCUT2D eigenvalue weighted by Crippen LogP contribution is -2.34. The van der Waals surface area contributed by atoms with Gasteiger partial charge < -0.3 is 19.5 Å². The molecular formula is C24H20ClN3O5. The van der Waals surface area contributed by atoms with E-state index >= 15 is 0 Å². The smallest absolute Gasteiger partial charge is 0.259 e. The first-order valence-corrected chi connectivity index (χ1v) is 10.4.